The van der Waals surface area contributed by atoms with E-state index in [0.29, 0.717) is 24.7 Å². The Labute approximate surface area is 124 Å². The van der Waals surface area contributed by atoms with Crippen molar-refractivity contribution in [2.75, 3.05) is 0 Å². The van der Waals surface area contributed by atoms with Gasteiger partial charge in [-0.05, 0) is 30.9 Å². The van der Waals surface area contributed by atoms with E-state index in [1.165, 1.54) is 6.42 Å². The van der Waals surface area contributed by atoms with Gasteiger partial charge in [-0.2, -0.15) is 0 Å². The third-order valence-electron chi connectivity index (χ3n) is 3.97. The first-order valence-electron chi connectivity index (χ1n) is 7.62. The Morgan fingerprint density at radius 1 is 1.48 bits per heavy atom. The molecule has 116 valence electrons. The van der Waals surface area contributed by atoms with Gasteiger partial charge in [-0.1, -0.05) is 20.3 Å². The summed E-state index contributed by atoms with van der Waals surface area (Å²) in [6.07, 6.45) is 3.10. The molecule has 1 aliphatic rings. The molecule has 0 aliphatic heterocycles. The van der Waals surface area contributed by atoms with E-state index in [1.54, 1.807) is 0 Å². The van der Waals surface area contributed by atoms with Gasteiger partial charge in [0.25, 0.3) is 0 Å². The Morgan fingerprint density at radius 3 is 2.76 bits per heavy atom. The minimum Gasteiger partial charge on any atom is -0.480 e. The highest BCUT2D eigenvalue weighted by molar-refractivity contribution is 5.83. The van der Waals surface area contributed by atoms with E-state index >= 15 is 0 Å². The molecule has 5 nitrogen and oxygen atoms in total. The standard InChI is InChI=1S/C16H23NO4/c1-3-4-13(16(19)20)17-15(18)8-6-11-5-7-14(21-11)12-9-10(12)2/h5,7,10,12-13H,3-4,6,8-9H2,1-2H3,(H,17,18)(H,19,20)/t10?,12?,13-/m0/s1. The van der Waals surface area contributed by atoms with E-state index < -0.39 is 12.0 Å². The number of amides is 1. The summed E-state index contributed by atoms with van der Waals surface area (Å²) in [5.41, 5.74) is 0. The minimum atomic E-state index is -0.979. The number of furan rings is 1. The van der Waals surface area contributed by atoms with Crippen LogP contribution in [0.3, 0.4) is 0 Å². The third-order valence-corrected chi connectivity index (χ3v) is 3.97. The quantitative estimate of drug-likeness (QED) is 0.772. The summed E-state index contributed by atoms with van der Waals surface area (Å²) in [6.45, 7) is 4.09. The molecule has 1 aliphatic carbocycles. The molecule has 1 heterocycles. The molecule has 5 heteroatoms. The monoisotopic (exact) mass is 293 g/mol. The molecular formula is C16H23NO4. The van der Waals surface area contributed by atoms with Gasteiger partial charge < -0.3 is 14.8 Å². The normalized spacial score (nSPS) is 21.8. The molecule has 1 amide bonds. The summed E-state index contributed by atoms with van der Waals surface area (Å²) >= 11 is 0. The smallest absolute Gasteiger partial charge is 0.326 e. The maximum absolute atomic E-state index is 11.8. The van der Waals surface area contributed by atoms with Crippen molar-refractivity contribution in [3.8, 4) is 0 Å². The molecule has 2 unspecified atom stereocenters. The molecule has 1 aromatic rings. The van der Waals surface area contributed by atoms with Crippen LogP contribution in [0.5, 0.6) is 0 Å². The summed E-state index contributed by atoms with van der Waals surface area (Å²) in [5.74, 6) is 1.81. The summed E-state index contributed by atoms with van der Waals surface area (Å²) in [4.78, 5) is 22.8. The average Bonchev–Trinajstić information content (AvgIpc) is 2.99. The van der Waals surface area contributed by atoms with Gasteiger partial charge in [-0.15, -0.1) is 0 Å². The molecule has 0 saturated heterocycles. The fourth-order valence-corrected chi connectivity index (χ4v) is 2.50. The van der Waals surface area contributed by atoms with E-state index in [4.69, 9.17) is 9.52 Å². The lowest BCUT2D eigenvalue weighted by molar-refractivity contribution is -0.142. The van der Waals surface area contributed by atoms with Gasteiger partial charge in [0.1, 0.15) is 17.6 Å². The lowest BCUT2D eigenvalue weighted by atomic mass is 10.1. The van der Waals surface area contributed by atoms with Crippen molar-refractivity contribution in [2.45, 2.75) is 57.9 Å². The van der Waals surface area contributed by atoms with E-state index in [-0.39, 0.29) is 12.3 Å². The molecule has 0 bridgehead atoms. The molecule has 1 fully saturated rings. The van der Waals surface area contributed by atoms with Crippen LogP contribution >= 0.6 is 0 Å². The van der Waals surface area contributed by atoms with Gasteiger partial charge in [0.05, 0.1) is 0 Å². The molecular weight excluding hydrogens is 270 g/mol. The van der Waals surface area contributed by atoms with Crippen LogP contribution in [0, 0.1) is 5.92 Å². The highest BCUT2D eigenvalue weighted by Crippen LogP contribution is 2.47. The summed E-state index contributed by atoms with van der Waals surface area (Å²) in [5, 5.41) is 11.6. The first-order chi connectivity index (χ1) is 10.0. The van der Waals surface area contributed by atoms with Crippen LogP contribution in [-0.2, 0) is 16.0 Å². The second-order valence-electron chi connectivity index (χ2n) is 5.87. The van der Waals surface area contributed by atoms with Gasteiger partial charge in [-0.3, -0.25) is 4.79 Å². The topological polar surface area (TPSA) is 79.5 Å². The van der Waals surface area contributed by atoms with E-state index in [0.717, 1.165) is 17.9 Å². The predicted molar refractivity (Wildman–Crippen MR) is 78.0 cm³/mol. The van der Waals surface area contributed by atoms with Crippen LogP contribution in [0.25, 0.3) is 0 Å². The number of carbonyl (C=O) groups excluding carboxylic acids is 1. The fraction of sp³-hybridized carbons (Fsp3) is 0.625. The minimum absolute atomic E-state index is 0.242. The number of carboxylic acids is 1. The van der Waals surface area contributed by atoms with Crippen LogP contribution in [-0.4, -0.2) is 23.0 Å². The van der Waals surface area contributed by atoms with Gasteiger partial charge in [0.15, 0.2) is 0 Å². The number of hydrogen-bond acceptors (Lipinski definition) is 3. The number of carboxylic acid groups (broad SMARTS) is 1. The highest BCUT2D eigenvalue weighted by atomic mass is 16.4. The van der Waals surface area contributed by atoms with Crippen molar-refractivity contribution in [1.82, 2.24) is 5.32 Å². The fourth-order valence-electron chi connectivity index (χ4n) is 2.50. The van der Waals surface area contributed by atoms with Crippen LogP contribution in [0.15, 0.2) is 16.5 Å². The number of hydrogen-bond donors (Lipinski definition) is 2. The van der Waals surface area contributed by atoms with Gasteiger partial charge in [0, 0.05) is 18.8 Å². The second-order valence-corrected chi connectivity index (χ2v) is 5.87. The van der Waals surface area contributed by atoms with Crippen molar-refractivity contribution in [2.24, 2.45) is 5.92 Å². The second kappa shape index (κ2) is 6.78. The molecule has 2 N–H and O–H groups in total. The zero-order chi connectivity index (χ0) is 15.4. The van der Waals surface area contributed by atoms with Crippen LogP contribution in [0.4, 0.5) is 0 Å². The van der Waals surface area contributed by atoms with Crippen molar-refractivity contribution in [3.05, 3.63) is 23.7 Å². The Bertz CT molecular complexity index is 508. The summed E-state index contributed by atoms with van der Waals surface area (Å²) in [7, 11) is 0. The van der Waals surface area contributed by atoms with Crippen molar-refractivity contribution in [1.29, 1.82) is 0 Å². The molecule has 1 aromatic heterocycles. The predicted octanol–water partition coefficient (Wildman–Crippen LogP) is 2.71. The first kappa shape index (κ1) is 15.6. The maximum Gasteiger partial charge on any atom is 0.326 e. The van der Waals surface area contributed by atoms with E-state index in [2.05, 4.69) is 12.2 Å². The lowest BCUT2D eigenvalue weighted by Gasteiger charge is -2.13. The molecule has 21 heavy (non-hydrogen) atoms. The average molecular weight is 293 g/mol. The molecule has 0 spiro atoms. The largest absolute Gasteiger partial charge is 0.480 e. The highest BCUT2D eigenvalue weighted by Gasteiger charge is 2.36. The van der Waals surface area contributed by atoms with E-state index in [9.17, 15) is 9.59 Å². The summed E-state index contributed by atoms with van der Waals surface area (Å²) in [6, 6.07) is 3.11. The number of aryl methyl sites for hydroxylation is 1. The number of carbonyl (C=O) groups is 2. The van der Waals surface area contributed by atoms with Crippen molar-refractivity contribution < 1.29 is 19.1 Å². The van der Waals surface area contributed by atoms with E-state index in [1.807, 2.05) is 19.1 Å². The lowest BCUT2D eigenvalue weighted by Crippen LogP contribution is -2.40. The SMILES string of the molecule is CCC[C@H](NC(=O)CCc1ccc(C2CC2C)o1)C(=O)O. The Morgan fingerprint density at radius 2 is 2.19 bits per heavy atom. The Kier molecular flexibility index (Phi) is 5.04. The maximum atomic E-state index is 11.8. The Hall–Kier alpha value is -1.78. The number of rotatable bonds is 8. The van der Waals surface area contributed by atoms with Crippen molar-refractivity contribution >= 4 is 11.9 Å². The molecule has 3 atom stereocenters. The van der Waals surface area contributed by atoms with Gasteiger partial charge in [0.2, 0.25) is 5.91 Å². The zero-order valence-corrected chi connectivity index (χ0v) is 12.6. The number of nitrogens with one attached hydrogen (secondary N) is 1. The third kappa shape index (κ3) is 4.34. The summed E-state index contributed by atoms with van der Waals surface area (Å²) < 4.78 is 5.73. The molecule has 0 radical (unpaired) electrons. The first-order valence-corrected chi connectivity index (χ1v) is 7.62. The zero-order valence-electron chi connectivity index (χ0n) is 12.6. The number of aliphatic carboxylic acids is 1. The molecule has 2 rings (SSSR count). The van der Waals surface area contributed by atoms with Crippen LogP contribution in [0.1, 0.15) is 57.0 Å². The van der Waals surface area contributed by atoms with Crippen LogP contribution < -0.4 is 5.32 Å². The van der Waals surface area contributed by atoms with Crippen LogP contribution in [0.2, 0.25) is 0 Å². The van der Waals surface area contributed by atoms with Crippen molar-refractivity contribution in [3.63, 3.8) is 0 Å². The molecule has 1 saturated carbocycles. The van der Waals surface area contributed by atoms with Gasteiger partial charge >= 0.3 is 5.97 Å². The molecule has 0 aromatic carbocycles. The Balaban J connectivity index is 1.78. The van der Waals surface area contributed by atoms with Gasteiger partial charge in [-0.25, -0.2) is 4.79 Å².